The number of carbonyl (C=O) groups is 1. The fourth-order valence-corrected chi connectivity index (χ4v) is 2.53. The Labute approximate surface area is 118 Å². The first-order valence-electron chi connectivity index (χ1n) is 6.61. The molecule has 0 radical (unpaired) electrons. The van der Waals surface area contributed by atoms with Crippen LogP contribution in [0.25, 0.3) is 10.8 Å². The highest BCUT2D eigenvalue weighted by atomic mass is 16.1. The van der Waals surface area contributed by atoms with Crippen LogP contribution in [0.1, 0.15) is 27.0 Å². The summed E-state index contributed by atoms with van der Waals surface area (Å²) in [5.74, 6) is 0.0688. The van der Waals surface area contributed by atoms with Crippen LogP contribution in [0.3, 0.4) is 0 Å². The van der Waals surface area contributed by atoms with Gasteiger partial charge in [-0.15, -0.1) is 0 Å². The van der Waals surface area contributed by atoms with E-state index in [1.807, 2.05) is 56.3 Å². The average molecular weight is 261 g/mol. The van der Waals surface area contributed by atoms with E-state index in [1.165, 1.54) is 5.56 Å². The molecule has 98 valence electrons. The number of benzene rings is 2. The smallest absolute Gasteiger partial charge is 0.193 e. The van der Waals surface area contributed by atoms with Crippen LogP contribution in [0.15, 0.2) is 54.9 Å². The van der Waals surface area contributed by atoms with Crippen LogP contribution in [-0.2, 0) is 0 Å². The van der Waals surface area contributed by atoms with Crippen molar-refractivity contribution in [1.82, 2.24) is 4.98 Å². The van der Waals surface area contributed by atoms with Crippen LogP contribution in [0.2, 0.25) is 0 Å². The molecule has 3 aromatic rings. The number of fused-ring (bicyclic) bond motifs is 1. The summed E-state index contributed by atoms with van der Waals surface area (Å²) in [6.07, 6.45) is 3.51. The van der Waals surface area contributed by atoms with Gasteiger partial charge in [0.25, 0.3) is 0 Å². The molecule has 0 aliphatic carbocycles. The molecule has 3 rings (SSSR count). The van der Waals surface area contributed by atoms with Crippen LogP contribution in [0, 0.1) is 13.8 Å². The van der Waals surface area contributed by atoms with Gasteiger partial charge in [-0.1, -0.05) is 42.0 Å². The topological polar surface area (TPSA) is 30.0 Å². The van der Waals surface area contributed by atoms with Crippen LogP contribution >= 0.6 is 0 Å². The van der Waals surface area contributed by atoms with E-state index in [-0.39, 0.29) is 5.78 Å². The molecule has 20 heavy (non-hydrogen) atoms. The summed E-state index contributed by atoms with van der Waals surface area (Å²) in [7, 11) is 0. The fourth-order valence-electron chi connectivity index (χ4n) is 2.53. The zero-order valence-electron chi connectivity index (χ0n) is 11.6. The number of hydrogen-bond acceptors (Lipinski definition) is 2. The van der Waals surface area contributed by atoms with Crippen molar-refractivity contribution >= 4 is 16.6 Å². The van der Waals surface area contributed by atoms with Crippen molar-refractivity contribution in [3.05, 3.63) is 77.1 Å². The van der Waals surface area contributed by atoms with Crippen LogP contribution in [0.5, 0.6) is 0 Å². The number of ketones is 1. The summed E-state index contributed by atoms with van der Waals surface area (Å²) in [5.41, 5.74) is 3.68. The van der Waals surface area contributed by atoms with E-state index in [9.17, 15) is 4.79 Å². The third kappa shape index (κ3) is 2.10. The Balaban J connectivity index is 2.18. The number of carbonyl (C=O) groups excluding carboxylic acids is 1. The standard InChI is InChI=1S/C18H15NO/c1-12-6-7-15(13(2)10-12)18(20)17-5-3-4-14-11-19-9-8-16(14)17/h3-11H,1-2H3. The highest BCUT2D eigenvalue weighted by Crippen LogP contribution is 2.22. The highest BCUT2D eigenvalue weighted by Gasteiger charge is 2.14. The maximum atomic E-state index is 12.8. The zero-order chi connectivity index (χ0) is 14.1. The maximum Gasteiger partial charge on any atom is 0.193 e. The molecule has 1 heterocycles. The second-order valence-corrected chi connectivity index (χ2v) is 5.05. The molecule has 0 N–H and O–H groups in total. The number of hydrogen-bond donors (Lipinski definition) is 0. The monoisotopic (exact) mass is 261 g/mol. The van der Waals surface area contributed by atoms with Gasteiger partial charge in [-0.05, 0) is 30.9 Å². The summed E-state index contributed by atoms with van der Waals surface area (Å²) in [4.78, 5) is 16.9. The molecule has 0 spiro atoms. The first-order chi connectivity index (χ1) is 9.66. The molecule has 0 aliphatic heterocycles. The van der Waals surface area contributed by atoms with Gasteiger partial charge in [0, 0.05) is 28.9 Å². The normalized spacial score (nSPS) is 10.7. The molecule has 0 atom stereocenters. The van der Waals surface area contributed by atoms with Gasteiger partial charge in [-0.3, -0.25) is 9.78 Å². The fraction of sp³-hybridized carbons (Fsp3) is 0.111. The summed E-state index contributed by atoms with van der Waals surface area (Å²) in [6.45, 7) is 4.01. The second-order valence-electron chi connectivity index (χ2n) is 5.05. The molecule has 0 unspecified atom stereocenters. The second kappa shape index (κ2) is 4.89. The lowest BCUT2D eigenvalue weighted by Crippen LogP contribution is -2.04. The van der Waals surface area contributed by atoms with Crippen molar-refractivity contribution < 1.29 is 4.79 Å². The number of aromatic nitrogens is 1. The van der Waals surface area contributed by atoms with Crippen LogP contribution in [0.4, 0.5) is 0 Å². The lowest BCUT2D eigenvalue weighted by atomic mass is 9.95. The van der Waals surface area contributed by atoms with E-state index >= 15 is 0 Å². The minimum atomic E-state index is 0.0688. The predicted molar refractivity (Wildman–Crippen MR) is 81.1 cm³/mol. The molecule has 0 bridgehead atoms. The molecule has 0 aliphatic rings. The molecular formula is C18H15NO. The van der Waals surface area contributed by atoms with Gasteiger partial charge in [0.1, 0.15) is 0 Å². The minimum absolute atomic E-state index is 0.0688. The van der Waals surface area contributed by atoms with Gasteiger partial charge in [0.15, 0.2) is 5.78 Å². The van der Waals surface area contributed by atoms with Crippen molar-refractivity contribution in [2.24, 2.45) is 0 Å². The summed E-state index contributed by atoms with van der Waals surface area (Å²) in [6, 6.07) is 13.6. The Bertz CT molecular complexity index is 800. The van der Waals surface area contributed by atoms with Gasteiger partial charge >= 0.3 is 0 Å². The van der Waals surface area contributed by atoms with Gasteiger partial charge < -0.3 is 0 Å². The maximum absolute atomic E-state index is 12.8. The van der Waals surface area contributed by atoms with Crippen molar-refractivity contribution in [1.29, 1.82) is 0 Å². The summed E-state index contributed by atoms with van der Waals surface area (Å²) < 4.78 is 0. The Morgan fingerprint density at radius 2 is 1.85 bits per heavy atom. The van der Waals surface area contributed by atoms with E-state index < -0.39 is 0 Å². The van der Waals surface area contributed by atoms with Crippen LogP contribution in [-0.4, -0.2) is 10.8 Å². The van der Waals surface area contributed by atoms with E-state index in [2.05, 4.69) is 4.98 Å². The Kier molecular flexibility index (Phi) is 3.07. The predicted octanol–water partition coefficient (Wildman–Crippen LogP) is 4.08. The van der Waals surface area contributed by atoms with E-state index in [0.717, 1.165) is 27.5 Å². The van der Waals surface area contributed by atoms with E-state index in [4.69, 9.17) is 0 Å². The number of aryl methyl sites for hydroxylation is 2. The molecule has 2 aromatic carbocycles. The quantitative estimate of drug-likeness (QED) is 0.650. The van der Waals surface area contributed by atoms with Gasteiger partial charge in [0.2, 0.25) is 0 Å². The van der Waals surface area contributed by atoms with E-state index in [1.54, 1.807) is 12.4 Å². The molecule has 0 saturated heterocycles. The average Bonchev–Trinajstić information content (AvgIpc) is 2.46. The van der Waals surface area contributed by atoms with Gasteiger partial charge in [0.05, 0.1) is 0 Å². The Hall–Kier alpha value is -2.48. The van der Waals surface area contributed by atoms with Crippen molar-refractivity contribution in [2.75, 3.05) is 0 Å². The highest BCUT2D eigenvalue weighted by molar-refractivity contribution is 6.16. The SMILES string of the molecule is Cc1ccc(C(=O)c2cccc3cnccc23)c(C)c1. The number of nitrogens with zero attached hydrogens (tertiary/aromatic N) is 1. The Morgan fingerprint density at radius 1 is 1.00 bits per heavy atom. The first-order valence-corrected chi connectivity index (χ1v) is 6.61. The lowest BCUT2D eigenvalue weighted by molar-refractivity contribution is 0.103. The molecule has 2 heteroatoms. The summed E-state index contributed by atoms with van der Waals surface area (Å²) in [5, 5.41) is 1.94. The molecular weight excluding hydrogens is 246 g/mol. The first kappa shape index (κ1) is 12.5. The number of pyridine rings is 1. The molecule has 0 fully saturated rings. The lowest BCUT2D eigenvalue weighted by Gasteiger charge is -2.08. The molecule has 1 aromatic heterocycles. The minimum Gasteiger partial charge on any atom is -0.289 e. The molecule has 2 nitrogen and oxygen atoms in total. The van der Waals surface area contributed by atoms with Gasteiger partial charge in [-0.25, -0.2) is 0 Å². The summed E-state index contributed by atoms with van der Waals surface area (Å²) >= 11 is 0. The van der Waals surface area contributed by atoms with E-state index in [0.29, 0.717) is 0 Å². The zero-order valence-corrected chi connectivity index (χ0v) is 11.6. The van der Waals surface area contributed by atoms with Crippen molar-refractivity contribution in [2.45, 2.75) is 13.8 Å². The number of rotatable bonds is 2. The van der Waals surface area contributed by atoms with Crippen LogP contribution < -0.4 is 0 Å². The van der Waals surface area contributed by atoms with Crippen molar-refractivity contribution in [3.63, 3.8) is 0 Å². The van der Waals surface area contributed by atoms with Gasteiger partial charge in [-0.2, -0.15) is 0 Å². The van der Waals surface area contributed by atoms with Crippen molar-refractivity contribution in [3.8, 4) is 0 Å². The molecule has 0 saturated carbocycles. The third-order valence-electron chi connectivity index (χ3n) is 3.55. The third-order valence-corrected chi connectivity index (χ3v) is 3.55. The molecule has 0 amide bonds. The largest absolute Gasteiger partial charge is 0.289 e. The Morgan fingerprint density at radius 3 is 2.65 bits per heavy atom.